The summed E-state index contributed by atoms with van der Waals surface area (Å²) in [6, 6.07) is 19.7. The minimum absolute atomic E-state index is 0.0649. The first kappa shape index (κ1) is 18.2. The zero-order chi connectivity index (χ0) is 19.6. The van der Waals surface area contributed by atoms with Crippen LogP contribution in [0.25, 0.3) is 22.2 Å². The highest BCUT2D eigenvalue weighted by Gasteiger charge is 2.23. The van der Waals surface area contributed by atoms with Gasteiger partial charge in [0.2, 0.25) is 0 Å². The van der Waals surface area contributed by atoms with Crippen molar-refractivity contribution in [3.05, 3.63) is 76.7 Å². The second-order valence-corrected chi connectivity index (χ2v) is 8.30. The van der Waals surface area contributed by atoms with Crippen LogP contribution in [-0.4, -0.2) is 14.7 Å². The zero-order valence-electron chi connectivity index (χ0n) is 16.0. The van der Waals surface area contributed by atoms with Gasteiger partial charge in [-0.15, -0.1) is 0 Å². The van der Waals surface area contributed by atoms with E-state index in [0.717, 1.165) is 53.4 Å². The monoisotopic (exact) mass is 403 g/mol. The van der Waals surface area contributed by atoms with Gasteiger partial charge in [-0.1, -0.05) is 72.2 Å². The average molecular weight is 404 g/mol. The summed E-state index contributed by atoms with van der Waals surface area (Å²) in [5.74, 6) is 1.36. The van der Waals surface area contributed by atoms with Gasteiger partial charge in [0, 0.05) is 23.4 Å². The highest BCUT2D eigenvalue weighted by atomic mass is 32.2. The summed E-state index contributed by atoms with van der Waals surface area (Å²) in [6.45, 7) is 0. The van der Waals surface area contributed by atoms with Crippen molar-refractivity contribution in [1.29, 1.82) is 0 Å². The van der Waals surface area contributed by atoms with E-state index in [9.17, 15) is 4.79 Å². The van der Waals surface area contributed by atoms with Crippen LogP contribution in [-0.2, 0) is 5.75 Å². The van der Waals surface area contributed by atoms with E-state index >= 15 is 0 Å². The molecule has 0 saturated heterocycles. The standard InChI is InChI=1S/C23H21N3O2S/c27-22-19-12-6-7-13-20(19)24-23(26(22)18-10-4-5-11-18)29-15-17-14-21(28-25-17)16-8-2-1-3-9-16/h1-3,6-9,12-14,18H,4-5,10-11,15H2. The number of hydrogen-bond donors (Lipinski definition) is 0. The fraction of sp³-hybridized carbons (Fsp3) is 0.261. The van der Waals surface area contributed by atoms with Crippen LogP contribution in [0.2, 0.25) is 0 Å². The SMILES string of the molecule is O=c1c2ccccc2nc(SCc2cc(-c3ccccc3)on2)n1C1CCCC1. The van der Waals surface area contributed by atoms with Crippen LogP contribution in [0, 0.1) is 0 Å². The fourth-order valence-corrected chi connectivity index (χ4v) is 4.92. The Kier molecular flexibility index (Phi) is 4.94. The number of hydrogen-bond acceptors (Lipinski definition) is 5. The summed E-state index contributed by atoms with van der Waals surface area (Å²) < 4.78 is 7.43. The van der Waals surface area contributed by atoms with Crippen LogP contribution in [0.1, 0.15) is 37.4 Å². The molecule has 0 atom stereocenters. The molecule has 0 unspecified atom stereocenters. The highest BCUT2D eigenvalue weighted by molar-refractivity contribution is 7.98. The molecular weight excluding hydrogens is 382 g/mol. The van der Waals surface area contributed by atoms with Crippen molar-refractivity contribution < 1.29 is 4.52 Å². The topological polar surface area (TPSA) is 60.9 Å². The number of benzene rings is 2. The van der Waals surface area contributed by atoms with Crippen molar-refractivity contribution in [3.8, 4) is 11.3 Å². The van der Waals surface area contributed by atoms with Crippen molar-refractivity contribution in [1.82, 2.24) is 14.7 Å². The molecule has 5 nitrogen and oxygen atoms in total. The molecule has 146 valence electrons. The van der Waals surface area contributed by atoms with Gasteiger partial charge in [0.25, 0.3) is 5.56 Å². The Labute approximate surface area is 172 Å². The molecule has 4 aromatic rings. The molecule has 0 bridgehead atoms. The first-order valence-corrected chi connectivity index (χ1v) is 10.9. The zero-order valence-corrected chi connectivity index (χ0v) is 16.8. The van der Waals surface area contributed by atoms with E-state index in [1.807, 2.05) is 65.2 Å². The lowest BCUT2D eigenvalue weighted by Gasteiger charge is -2.18. The molecule has 2 aromatic heterocycles. The molecule has 1 fully saturated rings. The summed E-state index contributed by atoms with van der Waals surface area (Å²) >= 11 is 1.55. The number of thioether (sulfide) groups is 1. The maximum Gasteiger partial charge on any atom is 0.262 e. The summed E-state index contributed by atoms with van der Waals surface area (Å²) in [5.41, 5.74) is 2.66. The van der Waals surface area contributed by atoms with E-state index in [2.05, 4.69) is 5.16 Å². The minimum atomic E-state index is 0.0649. The van der Waals surface area contributed by atoms with Crippen LogP contribution in [0.15, 0.2) is 75.1 Å². The second kappa shape index (κ2) is 7.87. The van der Waals surface area contributed by atoms with Crippen LogP contribution in [0.4, 0.5) is 0 Å². The van der Waals surface area contributed by atoms with Gasteiger partial charge >= 0.3 is 0 Å². The maximum absolute atomic E-state index is 13.2. The predicted octanol–water partition coefficient (Wildman–Crippen LogP) is 5.46. The van der Waals surface area contributed by atoms with Crippen molar-refractivity contribution in [2.75, 3.05) is 0 Å². The van der Waals surface area contributed by atoms with Gasteiger partial charge in [-0.05, 0) is 25.0 Å². The van der Waals surface area contributed by atoms with E-state index < -0.39 is 0 Å². The molecule has 5 rings (SSSR count). The van der Waals surface area contributed by atoms with Crippen molar-refractivity contribution in [2.45, 2.75) is 42.6 Å². The third kappa shape index (κ3) is 3.60. The fourth-order valence-electron chi connectivity index (χ4n) is 3.97. The van der Waals surface area contributed by atoms with E-state index in [1.54, 1.807) is 11.8 Å². The lowest BCUT2D eigenvalue weighted by Crippen LogP contribution is -2.26. The summed E-state index contributed by atoms with van der Waals surface area (Å²) in [6.07, 6.45) is 4.40. The summed E-state index contributed by atoms with van der Waals surface area (Å²) in [4.78, 5) is 18.0. The predicted molar refractivity (Wildman–Crippen MR) is 115 cm³/mol. The molecule has 2 heterocycles. The van der Waals surface area contributed by atoms with Crippen LogP contribution in [0.5, 0.6) is 0 Å². The van der Waals surface area contributed by atoms with Gasteiger partial charge in [-0.3, -0.25) is 9.36 Å². The lowest BCUT2D eigenvalue weighted by molar-refractivity contribution is 0.426. The van der Waals surface area contributed by atoms with E-state index in [4.69, 9.17) is 9.51 Å². The number of aromatic nitrogens is 3. The lowest BCUT2D eigenvalue weighted by atomic mass is 10.2. The van der Waals surface area contributed by atoms with Gasteiger partial charge in [-0.25, -0.2) is 4.98 Å². The molecular formula is C23H21N3O2S. The number of fused-ring (bicyclic) bond motifs is 1. The minimum Gasteiger partial charge on any atom is -0.356 e. The average Bonchev–Trinajstić information content (AvgIpc) is 3.45. The molecule has 0 N–H and O–H groups in total. The first-order valence-electron chi connectivity index (χ1n) is 9.95. The summed E-state index contributed by atoms with van der Waals surface area (Å²) in [5, 5.41) is 5.67. The number of para-hydroxylation sites is 1. The Balaban J connectivity index is 1.46. The van der Waals surface area contributed by atoms with Gasteiger partial charge < -0.3 is 4.52 Å². The third-order valence-electron chi connectivity index (χ3n) is 5.43. The largest absolute Gasteiger partial charge is 0.356 e. The summed E-state index contributed by atoms with van der Waals surface area (Å²) in [7, 11) is 0. The van der Waals surface area contributed by atoms with Crippen LogP contribution < -0.4 is 5.56 Å². The third-order valence-corrected chi connectivity index (χ3v) is 6.42. The molecule has 1 aliphatic rings. The van der Waals surface area contributed by atoms with E-state index in [0.29, 0.717) is 11.1 Å². The first-order chi connectivity index (χ1) is 14.3. The normalized spacial score (nSPS) is 14.6. The molecule has 0 spiro atoms. The van der Waals surface area contributed by atoms with E-state index in [-0.39, 0.29) is 11.6 Å². The van der Waals surface area contributed by atoms with Gasteiger partial charge in [-0.2, -0.15) is 0 Å². The van der Waals surface area contributed by atoms with Crippen LogP contribution in [0.3, 0.4) is 0 Å². The number of rotatable bonds is 5. The van der Waals surface area contributed by atoms with Crippen molar-refractivity contribution in [3.63, 3.8) is 0 Å². The molecule has 29 heavy (non-hydrogen) atoms. The maximum atomic E-state index is 13.2. The Hall–Kier alpha value is -2.86. The molecule has 0 aliphatic heterocycles. The Morgan fingerprint density at radius 2 is 1.79 bits per heavy atom. The van der Waals surface area contributed by atoms with Gasteiger partial charge in [0.05, 0.1) is 16.6 Å². The van der Waals surface area contributed by atoms with Gasteiger partial charge in [0.1, 0.15) is 0 Å². The molecule has 2 aromatic carbocycles. The Morgan fingerprint density at radius 1 is 1.03 bits per heavy atom. The number of nitrogens with zero attached hydrogens (tertiary/aromatic N) is 3. The Bertz CT molecular complexity index is 1190. The molecule has 1 saturated carbocycles. The Morgan fingerprint density at radius 3 is 2.62 bits per heavy atom. The molecule has 0 radical (unpaired) electrons. The second-order valence-electron chi connectivity index (χ2n) is 7.36. The quantitative estimate of drug-likeness (QED) is 0.327. The van der Waals surface area contributed by atoms with Crippen molar-refractivity contribution >= 4 is 22.7 Å². The van der Waals surface area contributed by atoms with Crippen molar-refractivity contribution in [2.24, 2.45) is 0 Å². The van der Waals surface area contributed by atoms with E-state index in [1.165, 1.54) is 0 Å². The molecule has 1 aliphatic carbocycles. The highest BCUT2D eigenvalue weighted by Crippen LogP contribution is 2.33. The van der Waals surface area contributed by atoms with Gasteiger partial charge in [0.15, 0.2) is 10.9 Å². The molecule has 6 heteroatoms. The smallest absolute Gasteiger partial charge is 0.262 e. The van der Waals surface area contributed by atoms with Crippen LogP contribution >= 0.6 is 11.8 Å². The molecule has 0 amide bonds.